The van der Waals surface area contributed by atoms with Crippen LogP contribution in [-0.2, 0) is 18.5 Å². The van der Waals surface area contributed by atoms with Gasteiger partial charge in [-0.2, -0.15) is 9.36 Å². The number of alkyl halides is 2. The first-order valence-corrected chi connectivity index (χ1v) is 8.93. The Morgan fingerprint density at radius 1 is 1.17 bits per heavy atom. The van der Waals surface area contributed by atoms with E-state index in [0.29, 0.717) is 22.5 Å². The first-order chi connectivity index (χ1) is 13.8. The molecule has 0 fully saturated rings. The fourth-order valence-electron chi connectivity index (χ4n) is 3.06. The van der Waals surface area contributed by atoms with Crippen molar-refractivity contribution in [3.05, 3.63) is 74.7 Å². The second-order valence-electron chi connectivity index (χ2n) is 6.64. The van der Waals surface area contributed by atoms with Gasteiger partial charge in [-0.25, -0.2) is 13.6 Å². The average Bonchev–Trinajstić information content (AvgIpc) is 3.01. The zero-order chi connectivity index (χ0) is 21.1. The van der Waals surface area contributed by atoms with E-state index < -0.39 is 6.43 Å². The fourth-order valence-corrected chi connectivity index (χ4v) is 3.06. The number of aromatic nitrogens is 4. The Bertz CT molecular complexity index is 1120. The molecule has 0 amide bonds. The van der Waals surface area contributed by atoms with Crippen molar-refractivity contribution < 1.29 is 13.6 Å². The smallest absolute Gasteiger partial charge is 0.368 e. The number of aryl methyl sites for hydroxylation is 2. The molecule has 0 unspecified atom stereocenters. The highest BCUT2D eigenvalue weighted by Gasteiger charge is 2.15. The van der Waals surface area contributed by atoms with Gasteiger partial charge in [0.2, 0.25) is 0 Å². The SMILES string of the molecule is CC(=NOCc1c(C)cccc1-n1nnn(C)c1=O)c1cccc(C(F)F)c1C. The molecule has 0 spiro atoms. The Morgan fingerprint density at radius 3 is 2.55 bits per heavy atom. The minimum absolute atomic E-state index is 0.0275. The van der Waals surface area contributed by atoms with Gasteiger partial charge in [0.15, 0.2) is 0 Å². The van der Waals surface area contributed by atoms with Crippen LogP contribution >= 0.6 is 0 Å². The Balaban J connectivity index is 1.87. The molecule has 0 aliphatic rings. The third-order valence-electron chi connectivity index (χ3n) is 4.75. The molecule has 0 bridgehead atoms. The molecule has 0 N–H and O–H groups in total. The number of oxime groups is 1. The molecule has 0 aliphatic carbocycles. The van der Waals surface area contributed by atoms with Crippen molar-refractivity contribution in [1.29, 1.82) is 0 Å². The van der Waals surface area contributed by atoms with Gasteiger partial charge in [0.1, 0.15) is 6.61 Å². The quantitative estimate of drug-likeness (QED) is 0.468. The van der Waals surface area contributed by atoms with Crippen LogP contribution in [-0.4, -0.2) is 25.5 Å². The second kappa shape index (κ2) is 8.34. The fraction of sp³-hybridized carbons (Fsp3) is 0.300. The van der Waals surface area contributed by atoms with Crippen molar-refractivity contribution in [2.75, 3.05) is 0 Å². The lowest BCUT2D eigenvalue weighted by molar-refractivity contribution is 0.130. The summed E-state index contributed by atoms with van der Waals surface area (Å²) in [5, 5.41) is 11.7. The molecule has 1 heterocycles. The summed E-state index contributed by atoms with van der Waals surface area (Å²) in [5.74, 6) is 0. The second-order valence-corrected chi connectivity index (χ2v) is 6.64. The molecule has 3 rings (SSSR count). The molecule has 3 aromatic rings. The molecular formula is C20H21F2N5O2. The number of halogens is 2. The van der Waals surface area contributed by atoms with Gasteiger partial charge < -0.3 is 4.84 Å². The molecule has 0 aliphatic heterocycles. The topological polar surface area (TPSA) is 74.3 Å². The summed E-state index contributed by atoms with van der Waals surface area (Å²) in [6.07, 6.45) is -2.55. The molecule has 9 heteroatoms. The van der Waals surface area contributed by atoms with E-state index in [-0.39, 0.29) is 17.9 Å². The molecule has 152 valence electrons. The van der Waals surface area contributed by atoms with Gasteiger partial charge in [-0.3, -0.25) is 0 Å². The molecule has 1 aromatic heterocycles. The first kappa shape index (κ1) is 20.4. The monoisotopic (exact) mass is 401 g/mol. The number of hydrogen-bond acceptors (Lipinski definition) is 5. The van der Waals surface area contributed by atoms with Crippen molar-refractivity contribution in [2.24, 2.45) is 12.2 Å². The van der Waals surface area contributed by atoms with E-state index in [1.165, 1.54) is 17.8 Å². The Morgan fingerprint density at radius 2 is 1.90 bits per heavy atom. The van der Waals surface area contributed by atoms with E-state index >= 15 is 0 Å². The third kappa shape index (κ3) is 4.08. The molecule has 0 radical (unpaired) electrons. The minimum atomic E-state index is -2.55. The lowest BCUT2D eigenvalue weighted by atomic mass is 10.00. The molecule has 0 atom stereocenters. The van der Waals surface area contributed by atoms with Crippen LogP contribution in [0.15, 0.2) is 46.3 Å². The number of benzene rings is 2. The highest BCUT2D eigenvalue weighted by Crippen LogP contribution is 2.25. The molecular weight excluding hydrogens is 380 g/mol. The zero-order valence-corrected chi connectivity index (χ0v) is 16.6. The summed E-state index contributed by atoms with van der Waals surface area (Å²) < 4.78 is 28.6. The van der Waals surface area contributed by atoms with E-state index in [1.807, 2.05) is 19.1 Å². The predicted octanol–water partition coefficient (Wildman–Crippen LogP) is 3.46. The maximum atomic E-state index is 13.1. The van der Waals surface area contributed by atoms with Gasteiger partial charge >= 0.3 is 5.69 Å². The van der Waals surface area contributed by atoms with Gasteiger partial charge in [0, 0.05) is 23.7 Å². The highest BCUT2D eigenvalue weighted by atomic mass is 19.3. The largest absolute Gasteiger partial charge is 0.391 e. The molecule has 29 heavy (non-hydrogen) atoms. The zero-order valence-electron chi connectivity index (χ0n) is 16.6. The number of hydrogen-bond donors (Lipinski definition) is 0. The summed E-state index contributed by atoms with van der Waals surface area (Å²) in [5.41, 5.74) is 3.31. The van der Waals surface area contributed by atoms with E-state index in [2.05, 4.69) is 15.6 Å². The average molecular weight is 401 g/mol. The van der Waals surface area contributed by atoms with Gasteiger partial charge in [0.25, 0.3) is 6.43 Å². The van der Waals surface area contributed by atoms with Crippen LogP contribution < -0.4 is 5.69 Å². The minimum Gasteiger partial charge on any atom is -0.391 e. The van der Waals surface area contributed by atoms with E-state index in [1.54, 1.807) is 32.0 Å². The van der Waals surface area contributed by atoms with E-state index in [0.717, 1.165) is 15.8 Å². The third-order valence-corrected chi connectivity index (χ3v) is 4.75. The van der Waals surface area contributed by atoms with Crippen LogP contribution in [0.2, 0.25) is 0 Å². The van der Waals surface area contributed by atoms with Crippen LogP contribution in [0, 0.1) is 13.8 Å². The van der Waals surface area contributed by atoms with Crippen molar-refractivity contribution in [3.63, 3.8) is 0 Å². The van der Waals surface area contributed by atoms with E-state index in [9.17, 15) is 13.6 Å². The number of tetrazole rings is 1. The summed E-state index contributed by atoms with van der Waals surface area (Å²) in [7, 11) is 1.52. The highest BCUT2D eigenvalue weighted by molar-refractivity contribution is 5.99. The van der Waals surface area contributed by atoms with Crippen molar-refractivity contribution in [2.45, 2.75) is 33.8 Å². The van der Waals surface area contributed by atoms with Crippen LogP contribution in [0.5, 0.6) is 0 Å². The summed E-state index contributed by atoms with van der Waals surface area (Å²) in [6.45, 7) is 5.30. The van der Waals surface area contributed by atoms with Gasteiger partial charge in [0.05, 0.1) is 11.4 Å². The van der Waals surface area contributed by atoms with Crippen LogP contribution in [0.4, 0.5) is 8.78 Å². The van der Waals surface area contributed by atoms with E-state index in [4.69, 9.17) is 4.84 Å². The first-order valence-electron chi connectivity index (χ1n) is 8.93. The normalized spacial score (nSPS) is 11.9. The van der Waals surface area contributed by atoms with Crippen molar-refractivity contribution in [3.8, 4) is 5.69 Å². The number of nitrogens with zero attached hydrogens (tertiary/aromatic N) is 5. The summed E-state index contributed by atoms with van der Waals surface area (Å²) in [6, 6.07) is 10.1. The molecule has 0 saturated carbocycles. The van der Waals surface area contributed by atoms with Gasteiger partial charge in [-0.05, 0) is 48.4 Å². The standard InChI is InChI=1S/C20H21F2N5O2/c1-12-7-5-10-18(27-20(28)26(4)24-25-27)17(12)11-29-23-14(3)15-8-6-9-16(13(15)2)19(21)22/h5-10,19H,11H2,1-4H3. The molecule has 2 aromatic carbocycles. The van der Waals surface area contributed by atoms with Crippen LogP contribution in [0.25, 0.3) is 5.69 Å². The lowest BCUT2D eigenvalue weighted by Gasteiger charge is -2.12. The summed E-state index contributed by atoms with van der Waals surface area (Å²) in [4.78, 5) is 17.7. The number of rotatable bonds is 6. The summed E-state index contributed by atoms with van der Waals surface area (Å²) >= 11 is 0. The predicted molar refractivity (Wildman–Crippen MR) is 104 cm³/mol. The Labute approximate surface area is 166 Å². The maximum absolute atomic E-state index is 13.1. The van der Waals surface area contributed by atoms with Gasteiger partial charge in [-0.1, -0.05) is 35.5 Å². The Hall–Kier alpha value is -3.36. The van der Waals surface area contributed by atoms with Crippen molar-refractivity contribution in [1.82, 2.24) is 19.8 Å². The van der Waals surface area contributed by atoms with Crippen LogP contribution in [0.3, 0.4) is 0 Å². The lowest BCUT2D eigenvalue weighted by Crippen LogP contribution is -2.23. The van der Waals surface area contributed by atoms with Crippen LogP contribution in [0.1, 0.15) is 41.2 Å². The molecule has 0 saturated heterocycles. The van der Waals surface area contributed by atoms with Crippen molar-refractivity contribution >= 4 is 5.71 Å². The molecule has 7 nitrogen and oxygen atoms in total. The maximum Gasteiger partial charge on any atom is 0.368 e. The van der Waals surface area contributed by atoms with Gasteiger partial charge in [-0.15, -0.1) is 0 Å². The Kier molecular flexibility index (Phi) is 5.86.